The van der Waals surface area contributed by atoms with Crippen LogP contribution < -0.4 is 5.32 Å². The zero-order valence-electron chi connectivity index (χ0n) is 22.4. The summed E-state index contributed by atoms with van der Waals surface area (Å²) in [7, 11) is 2.16. The van der Waals surface area contributed by atoms with Gasteiger partial charge in [0, 0.05) is 62.6 Å². The van der Waals surface area contributed by atoms with Crippen LogP contribution in [0.4, 0.5) is 5.69 Å². The van der Waals surface area contributed by atoms with Crippen molar-refractivity contribution < 1.29 is 35.9 Å². The molecule has 1 amide bonds. The summed E-state index contributed by atoms with van der Waals surface area (Å²) in [5, 5.41) is 11.0. The fraction of sp³-hybridized carbons (Fsp3) is 0.310. The second-order valence-electron chi connectivity index (χ2n) is 9.76. The number of amides is 1. The maximum atomic E-state index is 13.1. The molecule has 0 aliphatic carbocycles. The Morgan fingerprint density at radius 3 is 2.54 bits per heavy atom. The van der Waals surface area contributed by atoms with E-state index in [1.807, 2.05) is 42.7 Å². The number of carbonyl (C=O) groups is 1. The van der Waals surface area contributed by atoms with Gasteiger partial charge in [-0.25, -0.2) is 0 Å². The van der Waals surface area contributed by atoms with Gasteiger partial charge in [-0.1, -0.05) is 6.07 Å². The maximum Gasteiger partial charge on any atom is 2.00 e. The number of pyridine rings is 2. The standard InChI is InChI=1S/C29H34N8O.U/c1-4-36(5-2)20-25-8-7-24(18-31-25)32-29(38)28-26-15-22(6-9-27(26)33-34-28)23-14-21(16-30-17-23)19-37-12-10-35(3)11-13-37;/h6-9,14-18H,1-2,4-5,10-13,19-20H2,3H3,(H,32,38)(H,33,34);/q-2;+2. The van der Waals surface area contributed by atoms with E-state index in [1.165, 1.54) is 5.56 Å². The molecule has 0 saturated carbocycles. The minimum Gasteiger partial charge on any atom is -0.357 e. The van der Waals surface area contributed by atoms with Gasteiger partial charge in [-0.3, -0.25) is 24.8 Å². The normalized spacial score (nSPS) is 14.5. The minimum atomic E-state index is -0.290. The maximum absolute atomic E-state index is 13.1. The predicted octanol–water partition coefficient (Wildman–Crippen LogP) is 3.49. The third-order valence-electron chi connectivity index (χ3n) is 7.01. The molecule has 39 heavy (non-hydrogen) atoms. The van der Waals surface area contributed by atoms with Crippen LogP contribution >= 0.6 is 0 Å². The summed E-state index contributed by atoms with van der Waals surface area (Å²) < 4.78 is 0. The Bertz CT molecular complexity index is 1380. The summed E-state index contributed by atoms with van der Waals surface area (Å²) in [5.41, 5.74) is 5.85. The molecule has 10 heteroatoms. The number of piperazine rings is 1. The number of aromatic amines is 1. The summed E-state index contributed by atoms with van der Waals surface area (Å²) in [5.74, 6) is -0.290. The molecule has 0 unspecified atom stereocenters. The summed E-state index contributed by atoms with van der Waals surface area (Å²) in [6.07, 6.45) is 5.47. The number of benzene rings is 1. The van der Waals surface area contributed by atoms with E-state index < -0.39 is 0 Å². The first-order chi connectivity index (χ1) is 18.5. The number of hydrogen-bond donors (Lipinski definition) is 2. The molecule has 1 aliphatic heterocycles. The third-order valence-corrected chi connectivity index (χ3v) is 7.01. The van der Waals surface area contributed by atoms with Crippen molar-refractivity contribution in [2.75, 3.05) is 51.6 Å². The first-order valence-corrected chi connectivity index (χ1v) is 12.9. The van der Waals surface area contributed by atoms with Crippen molar-refractivity contribution in [3.05, 3.63) is 85.8 Å². The Labute approximate surface area is 253 Å². The van der Waals surface area contributed by atoms with Crippen molar-refractivity contribution in [3.63, 3.8) is 0 Å². The Kier molecular flexibility index (Phi) is 10.3. The third kappa shape index (κ3) is 7.33. The molecule has 1 aliphatic rings. The number of H-pyrrole nitrogens is 1. The van der Waals surface area contributed by atoms with Gasteiger partial charge in [0.05, 0.1) is 23.1 Å². The smallest absolute Gasteiger partial charge is 0.357 e. The van der Waals surface area contributed by atoms with Crippen molar-refractivity contribution >= 4 is 22.5 Å². The van der Waals surface area contributed by atoms with E-state index in [4.69, 9.17) is 0 Å². The average molecular weight is 749 g/mol. The molecule has 3 aromatic heterocycles. The Morgan fingerprint density at radius 1 is 1.03 bits per heavy atom. The summed E-state index contributed by atoms with van der Waals surface area (Å²) in [6, 6.07) is 11.9. The second-order valence-corrected chi connectivity index (χ2v) is 9.76. The number of fused-ring (bicyclic) bond motifs is 1. The topological polar surface area (TPSA) is 93.3 Å². The molecule has 4 heterocycles. The zero-order valence-corrected chi connectivity index (χ0v) is 26.5. The zero-order chi connectivity index (χ0) is 26.5. The summed E-state index contributed by atoms with van der Waals surface area (Å²) in [4.78, 5) is 29.0. The van der Waals surface area contributed by atoms with Crippen molar-refractivity contribution in [2.24, 2.45) is 0 Å². The van der Waals surface area contributed by atoms with Crippen LogP contribution in [0.5, 0.6) is 0 Å². The number of hydrogen-bond acceptors (Lipinski definition) is 7. The molecular formula is C29H34N8OU. The van der Waals surface area contributed by atoms with Gasteiger partial charge in [0.2, 0.25) is 0 Å². The van der Waals surface area contributed by atoms with Crippen LogP contribution in [0.15, 0.2) is 55.0 Å². The SMILES string of the molecule is [CH2-]CN(C[CH2-])Cc1ccc(NC(=O)c2n[nH]c3ccc(-c4cncc(CN5CCN(C)CC5)c4)cc23)cn1.[U+2]. The van der Waals surface area contributed by atoms with Gasteiger partial charge in [0.1, 0.15) is 0 Å². The molecule has 0 radical (unpaired) electrons. The molecule has 0 spiro atoms. The van der Waals surface area contributed by atoms with E-state index in [-0.39, 0.29) is 37.0 Å². The van der Waals surface area contributed by atoms with Gasteiger partial charge in [-0.15, -0.1) is 13.1 Å². The van der Waals surface area contributed by atoms with Gasteiger partial charge in [0.15, 0.2) is 5.69 Å². The van der Waals surface area contributed by atoms with Gasteiger partial charge in [-0.05, 0) is 48.5 Å². The second kappa shape index (κ2) is 13.6. The molecule has 0 bridgehead atoms. The van der Waals surface area contributed by atoms with Crippen LogP contribution in [-0.4, -0.2) is 87.1 Å². The average Bonchev–Trinajstić information content (AvgIpc) is 3.37. The Hall–Kier alpha value is -2.61. The minimum absolute atomic E-state index is 0. The van der Waals surface area contributed by atoms with Crippen molar-refractivity contribution in [1.82, 2.24) is 34.9 Å². The molecule has 9 nitrogen and oxygen atoms in total. The van der Waals surface area contributed by atoms with Crippen molar-refractivity contribution in [3.8, 4) is 11.1 Å². The fourth-order valence-electron chi connectivity index (χ4n) is 4.64. The quantitative estimate of drug-likeness (QED) is 0.254. The number of nitrogens with zero attached hydrogens (tertiary/aromatic N) is 6. The van der Waals surface area contributed by atoms with Crippen LogP contribution in [0.2, 0.25) is 0 Å². The number of nitrogens with one attached hydrogen (secondary N) is 2. The molecule has 4 aromatic rings. The van der Waals surface area contributed by atoms with Crippen LogP contribution in [0.1, 0.15) is 21.7 Å². The van der Waals surface area contributed by atoms with Gasteiger partial charge in [0.25, 0.3) is 5.91 Å². The van der Waals surface area contributed by atoms with E-state index in [1.54, 1.807) is 6.20 Å². The summed E-state index contributed by atoms with van der Waals surface area (Å²) >= 11 is 0. The Balaban J connectivity index is 0.00000353. The molecular weight excluding hydrogens is 714 g/mol. The van der Waals surface area contributed by atoms with Crippen LogP contribution in [0.3, 0.4) is 0 Å². The van der Waals surface area contributed by atoms with E-state index in [0.29, 0.717) is 31.0 Å². The van der Waals surface area contributed by atoms with Gasteiger partial charge in [-0.2, -0.15) is 5.10 Å². The van der Waals surface area contributed by atoms with Gasteiger partial charge < -0.3 is 29.0 Å². The molecule has 5 rings (SSSR count). The van der Waals surface area contributed by atoms with Crippen molar-refractivity contribution in [2.45, 2.75) is 13.1 Å². The number of carbonyl (C=O) groups excluding carboxylic acids is 1. The Morgan fingerprint density at radius 2 is 1.82 bits per heavy atom. The number of likely N-dealkylation sites (N-methyl/N-ethyl adjacent to an activating group) is 1. The van der Waals surface area contributed by atoms with Crippen molar-refractivity contribution in [1.29, 1.82) is 0 Å². The van der Waals surface area contributed by atoms with E-state index >= 15 is 0 Å². The van der Waals surface area contributed by atoms with E-state index in [9.17, 15) is 4.79 Å². The monoisotopic (exact) mass is 748 g/mol. The van der Waals surface area contributed by atoms with Crippen LogP contribution in [-0.2, 0) is 13.1 Å². The fourth-order valence-corrected chi connectivity index (χ4v) is 4.64. The first kappa shape index (κ1) is 29.4. The molecule has 1 fully saturated rings. The summed E-state index contributed by atoms with van der Waals surface area (Å²) in [6.45, 7) is 15.0. The molecule has 1 saturated heterocycles. The molecule has 200 valence electrons. The van der Waals surface area contributed by atoms with E-state index in [2.05, 4.69) is 67.1 Å². The number of aromatic nitrogens is 4. The van der Waals surface area contributed by atoms with Crippen LogP contribution in [0, 0.1) is 45.0 Å². The van der Waals surface area contributed by atoms with E-state index in [0.717, 1.165) is 60.4 Å². The van der Waals surface area contributed by atoms with Crippen LogP contribution in [0.25, 0.3) is 22.0 Å². The molecule has 2 N–H and O–H groups in total. The van der Waals surface area contributed by atoms with Gasteiger partial charge >= 0.3 is 31.1 Å². The molecule has 1 aromatic carbocycles. The number of rotatable bonds is 9. The number of anilines is 1. The molecule has 0 atom stereocenters. The predicted molar refractivity (Wildman–Crippen MR) is 150 cm³/mol. The largest absolute Gasteiger partial charge is 2.00 e. The first-order valence-electron chi connectivity index (χ1n) is 12.9.